The maximum Gasteiger partial charge on any atom is 0.261 e. The van der Waals surface area contributed by atoms with E-state index < -0.39 is 6.10 Å². The summed E-state index contributed by atoms with van der Waals surface area (Å²) in [4.78, 5) is 16.5. The normalized spacial score (nSPS) is 11.9. The van der Waals surface area contributed by atoms with Crippen LogP contribution >= 0.6 is 0 Å². The predicted octanol–water partition coefficient (Wildman–Crippen LogP) is 3.50. The third kappa shape index (κ3) is 3.86. The molecule has 3 aromatic carbocycles. The largest absolute Gasteiger partial charge is 0.481 e. The minimum atomic E-state index is -0.611. The highest BCUT2D eigenvalue weighted by molar-refractivity contribution is 5.84. The second kappa shape index (κ2) is 7.92. The second-order valence-electron chi connectivity index (χ2n) is 6.46. The molecular weight excluding hydrogens is 352 g/mol. The summed E-state index contributed by atoms with van der Waals surface area (Å²) < 4.78 is 7.51. The standard InChI is InChI=1S/C22H20N4O2/c1-16(28-20-11-10-17-6-2-3-7-18(17)12-20)22(27)24-13-19-8-4-5-9-21(19)26-15-23-14-25-26/h2-12,14-16H,13H2,1H3,(H,24,27)/t16-/m0/s1. The lowest BCUT2D eigenvalue weighted by molar-refractivity contribution is -0.127. The number of nitrogens with zero attached hydrogens (tertiary/aromatic N) is 3. The summed E-state index contributed by atoms with van der Waals surface area (Å²) in [6.07, 6.45) is 2.50. The van der Waals surface area contributed by atoms with Crippen molar-refractivity contribution in [1.29, 1.82) is 0 Å². The average molecular weight is 372 g/mol. The van der Waals surface area contributed by atoms with Gasteiger partial charge in [-0.3, -0.25) is 4.79 Å². The minimum absolute atomic E-state index is 0.179. The highest BCUT2D eigenvalue weighted by atomic mass is 16.5. The summed E-state index contributed by atoms with van der Waals surface area (Å²) in [7, 11) is 0. The molecule has 1 N–H and O–H groups in total. The third-order valence-electron chi connectivity index (χ3n) is 4.51. The Morgan fingerprint density at radius 2 is 1.86 bits per heavy atom. The lowest BCUT2D eigenvalue weighted by Gasteiger charge is -2.16. The summed E-state index contributed by atoms with van der Waals surface area (Å²) in [6, 6.07) is 21.6. The summed E-state index contributed by atoms with van der Waals surface area (Å²) in [6.45, 7) is 2.12. The number of nitrogens with one attached hydrogen (secondary N) is 1. The van der Waals surface area contributed by atoms with Crippen LogP contribution in [0, 0.1) is 0 Å². The number of fused-ring (bicyclic) bond motifs is 1. The Morgan fingerprint density at radius 1 is 1.07 bits per heavy atom. The SMILES string of the molecule is C[C@H](Oc1ccc2ccccc2c1)C(=O)NCc1ccccc1-n1cncn1. The van der Waals surface area contributed by atoms with E-state index in [1.165, 1.54) is 6.33 Å². The van der Waals surface area contributed by atoms with E-state index in [9.17, 15) is 4.79 Å². The zero-order valence-corrected chi connectivity index (χ0v) is 15.4. The van der Waals surface area contributed by atoms with E-state index in [1.807, 2.05) is 66.7 Å². The van der Waals surface area contributed by atoms with Gasteiger partial charge >= 0.3 is 0 Å². The first-order chi connectivity index (χ1) is 13.7. The Morgan fingerprint density at radius 3 is 2.68 bits per heavy atom. The molecule has 0 fully saturated rings. The van der Waals surface area contributed by atoms with Crippen LogP contribution in [0.1, 0.15) is 12.5 Å². The molecule has 6 nitrogen and oxygen atoms in total. The fraction of sp³-hybridized carbons (Fsp3) is 0.136. The van der Waals surface area contributed by atoms with Gasteiger partial charge in [-0.15, -0.1) is 0 Å². The molecule has 0 aliphatic carbocycles. The molecule has 1 heterocycles. The molecular formula is C22H20N4O2. The number of aromatic nitrogens is 3. The van der Waals surface area contributed by atoms with Gasteiger partial charge in [-0.2, -0.15) is 5.10 Å². The van der Waals surface area contributed by atoms with E-state index in [4.69, 9.17) is 4.74 Å². The Bertz CT molecular complexity index is 1090. The van der Waals surface area contributed by atoms with Crippen molar-refractivity contribution in [2.75, 3.05) is 0 Å². The van der Waals surface area contributed by atoms with Crippen molar-refractivity contribution in [1.82, 2.24) is 20.1 Å². The average Bonchev–Trinajstić information content (AvgIpc) is 3.27. The third-order valence-corrected chi connectivity index (χ3v) is 4.51. The van der Waals surface area contributed by atoms with Crippen molar-refractivity contribution in [3.05, 3.63) is 84.9 Å². The lowest BCUT2D eigenvalue weighted by atomic mass is 10.1. The van der Waals surface area contributed by atoms with Crippen LogP contribution in [-0.2, 0) is 11.3 Å². The number of benzene rings is 3. The fourth-order valence-corrected chi connectivity index (χ4v) is 3.04. The first-order valence-corrected chi connectivity index (χ1v) is 9.07. The minimum Gasteiger partial charge on any atom is -0.481 e. The molecule has 1 aromatic heterocycles. The van der Waals surface area contributed by atoms with Gasteiger partial charge in [0.1, 0.15) is 18.4 Å². The second-order valence-corrected chi connectivity index (χ2v) is 6.46. The Hall–Kier alpha value is -3.67. The molecule has 0 saturated carbocycles. The Labute approximate surface area is 162 Å². The zero-order valence-electron chi connectivity index (χ0n) is 15.4. The molecule has 0 bridgehead atoms. The topological polar surface area (TPSA) is 69.0 Å². The maximum atomic E-state index is 12.5. The number of carbonyl (C=O) groups is 1. The molecule has 0 spiro atoms. The molecule has 0 aliphatic heterocycles. The van der Waals surface area contributed by atoms with Gasteiger partial charge < -0.3 is 10.1 Å². The van der Waals surface area contributed by atoms with E-state index in [1.54, 1.807) is 17.9 Å². The molecule has 0 saturated heterocycles. The van der Waals surface area contributed by atoms with E-state index in [0.717, 1.165) is 22.0 Å². The number of carbonyl (C=O) groups excluding carboxylic acids is 1. The van der Waals surface area contributed by atoms with Gasteiger partial charge in [-0.05, 0) is 41.5 Å². The molecule has 4 rings (SSSR count). The van der Waals surface area contributed by atoms with Crippen LogP contribution < -0.4 is 10.1 Å². The van der Waals surface area contributed by atoms with E-state index >= 15 is 0 Å². The molecule has 1 amide bonds. The van der Waals surface area contributed by atoms with E-state index in [2.05, 4.69) is 15.4 Å². The van der Waals surface area contributed by atoms with Crippen molar-refractivity contribution in [2.45, 2.75) is 19.6 Å². The summed E-state index contributed by atoms with van der Waals surface area (Å²) >= 11 is 0. The van der Waals surface area contributed by atoms with Crippen LogP contribution in [-0.4, -0.2) is 26.8 Å². The summed E-state index contributed by atoms with van der Waals surface area (Å²) in [5.74, 6) is 0.492. The van der Waals surface area contributed by atoms with E-state index in [-0.39, 0.29) is 5.91 Å². The number of rotatable bonds is 6. The van der Waals surface area contributed by atoms with Gasteiger partial charge in [0.2, 0.25) is 0 Å². The molecule has 6 heteroatoms. The smallest absolute Gasteiger partial charge is 0.261 e. The Kier molecular flexibility index (Phi) is 5.01. The van der Waals surface area contributed by atoms with Gasteiger partial charge in [0, 0.05) is 6.54 Å². The van der Waals surface area contributed by atoms with Gasteiger partial charge in [0.15, 0.2) is 6.10 Å². The van der Waals surface area contributed by atoms with Crippen molar-refractivity contribution < 1.29 is 9.53 Å². The first kappa shape index (κ1) is 17.7. The quantitative estimate of drug-likeness (QED) is 0.562. The molecule has 28 heavy (non-hydrogen) atoms. The highest BCUT2D eigenvalue weighted by Gasteiger charge is 2.15. The zero-order chi connectivity index (χ0) is 19.3. The van der Waals surface area contributed by atoms with Crippen molar-refractivity contribution in [3.63, 3.8) is 0 Å². The van der Waals surface area contributed by atoms with Gasteiger partial charge in [0.25, 0.3) is 5.91 Å². The number of hydrogen-bond acceptors (Lipinski definition) is 4. The molecule has 4 aromatic rings. The Balaban J connectivity index is 1.41. The number of hydrogen-bond donors (Lipinski definition) is 1. The summed E-state index contributed by atoms with van der Waals surface area (Å²) in [5, 5.41) is 9.31. The molecule has 0 unspecified atom stereocenters. The van der Waals surface area contributed by atoms with Crippen molar-refractivity contribution in [2.24, 2.45) is 0 Å². The fourth-order valence-electron chi connectivity index (χ4n) is 3.04. The van der Waals surface area contributed by atoms with Crippen LogP contribution in [0.15, 0.2) is 79.4 Å². The molecule has 0 aliphatic rings. The van der Waals surface area contributed by atoms with Crippen LogP contribution in [0.2, 0.25) is 0 Å². The number of amides is 1. The van der Waals surface area contributed by atoms with Crippen LogP contribution in [0.5, 0.6) is 5.75 Å². The van der Waals surface area contributed by atoms with Crippen LogP contribution in [0.4, 0.5) is 0 Å². The predicted molar refractivity (Wildman–Crippen MR) is 107 cm³/mol. The van der Waals surface area contributed by atoms with Crippen molar-refractivity contribution in [3.8, 4) is 11.4 Å². The highest BCUT2D eigenvalue weighted by Crippen LogP contribution is 2.21. The van der Waals surface area contributed by atoms with Gasteiger partial charge in [-0.1, -0.05) is 48.5 Å². The summed E-state index contributed by atoms with van der Waals surface area (Å²) in [5.41, 5.74) is 1.82. The maximum absolute atomic E-state index is 12.5. The van der Waals surface area contributed by atoms with Crippen LogP contribution in [0.25, 0.3) is 16.5 Å². The lowest BCUT2D eigenvalue weighted by Crippen LogP contribution is -2.36. The van der Waals surface area contributed by atoms with Gasteiger partial charge in [-0.25, -0.2) is 9.67 Å². The number of ether oxygens (including phenoxy) is 1. The first-order valence-electron chi connectivity index (χ1n) is 9.07. The molecule has 140 valence electrons. The molecule has 1 atom stereocenters. The van der Waals surface area contributed by atoms with Gasteiger partial charge in [0.05, 0.1) is 5.69 Å². The monoisotopic (exact) mass is 372 g/mol. The van der Waals surface area contributed by atoms with E-state index in [0.29, 0.717) is 12.3 Å². The van der Waals surface area contributed by atoms with Crippen molar-refractivity contribution >= 4 is 16.7 Å². The number of para-hydroxylation sites is 1. The molecule has 0 radical (unpaired) electrons. The van der Waals surface area contributed by atoms with Crippen LogP contribution in [0.3, 0.4) is 0 Å².